The summed E-state index contributed by atoms with van der Waals surface area (Å²) in [5.74, 6) is 0.553. The SMILES string of the molecule is Cl.c1noc(C2CNCCO2)n1. The van der Waals surface area contributed by atoms with Gasteiger partial charge in [-0.1, -0.05) is 5.16 Å². The zero-order valence-corrected chi connectivity index (χ0v) is 7.21. The lowest BCUT2D eigenvalue weighted by Gasteiger charge is -2.19. The van der Waals surface area contributed by atoms with Crippen LogP contribution in [0.15, 0.2) is 10.9 Å². The summed E-state index contributed by atoms with van der Waals surface area (Å²) in [4.78, 5) is 3.90. The highest BCUT2D eigenvalue weighted by Gasteiger charge is 2.19. The fourth-order valence-corrected chi connectivity index (χ4v) is 1.05. The van der Waals surface area contributed by atoms with Gasteiger partial charge >= 0.3 is 0 Å². The summed E-state index contributed by atoms with van der Waals surface area (Å²) in [6, 6.07) is 0. The van der Waals surface area contributed by atoms with Crippen LogP contribution >= 0.6 is 12.4 Å². The van der Waals surface area contributed by atoms with Gasteiger partial charge in [-0.2, -0.15) is 4.98 Å². The van der Waals surface area contributed by atoms with E-state index in [0.717, 1.165) is 13.1 Å². The molecule has 2 rings (SSSR count). The molecule has 1 aromatic rings. The average Bonchev–Trinajstić information content (AvgIpc) is 2.58. The molecule has 1 aromatic heterocycles. The number of nitrogens with zero attached hydrogens (tertiary/aromatic N) is 2. The highest BCUT2D eigenvalue weighted by Crippen LogP contribution is 2.14. The van der Waals surface area contributed by atoms with Crippen molar-refractivity contribution in [2.24, 2.45) is 0 Å². The summed E-state index contributed by atoms with van der Waals surface area (Å²) in [5, 5.41) is 6.67. The zero-order valence-electron chi connectivity index (χ0n) is 6.40. The van der Waals surface area contributed by atoms with Gasteiger partial charge in [-0.05, 0) is 0 Å². The minimum Gasteiger partial charge on any atom is -0.366 e. The summed E-state index contributed by atoms with van der Waals surface area (Å²) in [6.07, 6.45) is 1.32. The van der Waals surface area contributed by atoms with Crippen LogP contribution in [-0.4, -0.2) is 29.8 Å². The number of halogens is 1. The van der Waals surface area contributed by atoms with Crippen LogP contribution in [0.3, 0.4) is 0 Å². The molecule has 0 saturated carbocycles. The smallest absolute Gasteiger partial charge is 0.256 e. The maximum Gasteiger partial charge on any atom is 0.256 e. The molecule has 2 heterocycles. The predicted molar refractivity (Wildman–Crippen MR) is 43.1 cm³/mol. The lowest BCUT2D eigenvalue weighted by molar-refractivity contribution is 0.00755. The molecular weight excluding hydrogens is 182 g/mol. The molecule has 0 aromatic carbocycles. The molecule has 6 heteroatoms. The van der Waals surface area contributed by atoms with Crippen molar-refractivity contribution >= 4 is 12.4 Å². The molecule has 1 aliphatic heterocycles. The second-order valence-corrected chi connectivity index (χ2v) is 2.34. The molecule has 1 atom stereocenters. The monoisotopic (exact) mass is 191 g/mol. The average molecular weight is 192 g/mol. The number of ether oxygens (including phenoxy) is 1. The van der Waals surface area contributed by atoms with E-state index >= 15 is 0 Å². The second kappa shape index (κ2) is 4.39. The van der Waals surface area contributed by atoms with Crippen molar-refractivity contribution in [2.75, 3.05) is 19.7 Å². The Hall–Kier alpha value is -0.650. The fraction of sp³-hybridized carbons (Fsp3) is 0.667. The summed E-state index contributed by atoms with van der Waals surface area (Å²) < 4.78 is 10.2. The van der Waals surface area contributed by atoms with Gasteiger partial charge in [0.15, 0.2) is 6.33 Å². The summed E-state index contributed by atoms with van der Waals surface area (Å²) >= 11 is 0. The summed E-state index contributed by atoms with van der Waals surface area (Å²) in [6.45, 7) is 2.35. The lowest BCUT2D eigenvalue weighted by atomic mass is 10.3. The molecular formula is C6H10ClN3O2. The largest absolute Gasteiger partial charge is 0.366 e. The topological polar surface area (TPSA) is 60.2 Å². The van der Waals surface area contributed by atoms with Crippen molar-refractivity contribution in [3.8, 4) is 0 Å². The van der Waals surface area contributed by atoms with Crippen LogP contribution in [0.1, 0.15) is 12.0 Å². The Balaban J connectivity index is 0.000000720. The minimum atomic E-state index is -0.0637. The Morgan fingerprint density at radius 1 is 1.58 bits per heavy atom. The number of hydrogen-bond donors (Lipinski definition) is 1. The van der Waals surface area contributed by atoms with E-state index in [0.29, 0.717) is 12.5 Å². The first kappa shape index (κ1) is 9.44. The van der Waals surface area contributed by atoms with Crippen LogP contribution < -0.4 is 5.32 Å². The molecule has 0 amide bonds. The first-order valence-electron chi connectivity index (χ1n) is 3.56. The first-order chi connectivity index (χ1) is 5.47. The number of morpholine rings is 1. The van der Waals surface area contributed by atoms with E-state index in [1.54, 1.807) is 0 Å². The van der Waals surface area contributed by atoms with Crippen molar-refractivity contribution in [2.45, 2.75) is 6.10 Å². The molecule has 5 nitrogen and oxygen atoms in total. The molecule has 1 saturated heterocycles. The zero-order chi connectivity index (χ0) is 7.52. The highest BCUT2D eigenvalue weighted by molar-refractivity contribution is 5.85. The van der Waals surface area contributed by atoms with Crippen LogP contribution in [-0.2, 0) is 4.74 Å². The minimum absolute atomic E-state index is 0. The van der Waals surface area contributed by atoms with Gasteiger partial charge in [-0.25, -0.2) is 0 Å². The van der Waals surface area contributed by atoms with E-state index in [-0.39, 0.29) is 18.5 Å². The molecule has 0 radical (unpaired) electrons. The number of rotatable bonds is 1. The fourth-order valence-electron chi connectivity index (χ4n) is 1.05. The van der Waals surface area contributed by atoms with Crippen molar-refractivity contribution < 1.29 is 9.26 Å². The molecule has 1 unspecified atom stereocenters. The maximum absolute atomic E-state index is 5.36. The van der Waals surface area contributed by atoms with E-state index < -0.39 is 0 Å². The van der Waals surface area contributed by atoms with E-state index in [9.17, 15) is 0 Å². The van der Waals surface area contributed by atoms with E-state index in [1.165, 1.54) is 6.33 Å². The number of nitrogens with one attached hydrogen (secondary N) is 1. The van der Waals surface area contributed by atoms with Crippen molar-refractivity contribution in [1.82, 2.24) is 15.5 Å². The van der Waals surface area contributed by atoms with Crippen LogP contribution in [0.25, 0.3) is 0 Å². The van der Waals surface area contributed by atoms with Gasteiger partial charge in [-0.15, -0.1) is 12.4 Å². The van der Waals surface area contributed by atoms with Crippen molar-refractivity contribution in [3.63, 3.8) is 0 Å². The first-order valence-corrected chi connectivity index (χ1v) is 3.56. The Morgan fingerprint density at radius 3 is 3.08 bits per heavy atom. The normalized spacial score (nSPS) is 23.2. The van der Waals surface area contributed by atoms with Crippen LogP contribution in [0.5, 0.6) is 0 Å². The second-order valence-electron chi connectivity index (χ2n) is 2.34. The standard InChI is InChI=1S/C6H9N3O2.ClH/c1-2-10-5(3-7-1)6-8-4-9-11-6;/h4-5,7H,1-3H2;1H. The summed E-state index contributed by atoms with van der Waals surface area (Å²) in [5.41, 5.74) is 0. The van der Waals surface area contributed by atoms with Gasteiger partial charge in [0.1, 0.15) is 6.10 Å². The van der Waals surface area contributed by atoms with E-state index in [4.69, 9.17) is 9.26 Å². The van der Waals surface area contributed by atoms with Gasteiger partial charge in [0.25, 0.3) is 5.89 Å². The Morgan fingerprint density at radius 2 is 2.50 bits per heavy atom. The molecule has 1 N–H and O–H groups in total. The molecule has 0 aliphatic carbocycles. The van der Waals surface area contributed by atoms with Gasteiger partial charge in [0, 0.05) is 13.1 Å². The third-order valence-corrected chi connectivity index (χ3v) is 1.58. The number of hydrogen-bond acceptors (Lipinski definition) is 5. The van der Waals surface area contributed by atoms with E-state index in [1.807, 2.05) is 0 Å². The van der Waals surface area contributed by atoms with Crippen LogP contribution in [0, 0.1) is 0 Å². The molecule has 68 valence electrons. The highest BCUT2D eigenvalue weighted by atomic mass is 35.5. The van der Waals surface area contributed by atoms with Gasteiger partial charge in [0.2, 0.25) is 0 Å². The third kappa shape index (κ3) is 1.94. The van der Waals surface area contributed by atoms with Crippen molar-refractivity contribution in [3.05, 3.63) is 12.2 Å². The van der Waals surface area contributed by atoms with Crippen molar-refractivity contribution in [1.29, 1.82) is 0 Å². The van der Waals surface area contributed by atoms with Gasteiger partial charge < -0.3 is 14.6 Å². The summed E-state index contributed by atoms with van der Waals surface area (Å²) in [7, 11) is 0. The molecule has 0 bridgehead atoms. The molecule has 0 spiro atoms. The Labute approximate surface area is 75.9 Å². The van der Waals surface area contributed by atoms with Gasteiger partial charge in [-0.3, -0.25) is 0 Å². The lowest BCUT2D eigenvalue weighted by Crippen LogP contribution is -2.33. The van der Waals surface area contributed by atoms with Crippen LogP contribution in [0.4, 0.5) is 0 Å². The van der Waals surface area contributed by atoms with Crippen LogP contribution in [0.2, 0.25) is 0 Å². The molecule has 1 fully saturated rings. The molecule has 1 aliphatic rings. The van der Waals surface area contributed by atoms with E-state index in [2.05, 4.69) is 15.5 Å². The van der Waals surface area contributed by atoms with Gasteiger partial charge in [0.05, 0.1) is 6.61 Å². The quantitative estimate of drug-likeness (QED) is 0.685. The Kier molecular flexibility index (Phi) is 3.46. The molecule has 12 heavy (non-hydrogen) atoms. The Bertz CT molecular complexity index is 211. The number of aromatic nitrogens is 2. The maximum atomic E-state index is 5.36. The third-order valence-electron chi connectivity index (χ3n) is 1.58. The predicted octanol–water partition coefficient (Wildman–Crippen LogP) is 0.152.